The molecule has 1 N–H and O–H groups in total. The van der Waals surface area contributed by atoms with Crippen LogP contribution in [0.25, 0.3) is 0 Å². The Balaban J connectivity index is 1.53. The predicted octanol–water partition coefficient (Wildman–Crippen LogP) is 2.64. The molecule has 16 heavy (non-hydrogen) atoms. The molecule has 94 valence electrons. The number of hydrogen-bond donors (Lipinski definition) is 1. The van der Waals surface area contributed by atoms with Crippen molar-refractivity contribution < 1.29 is 0 Å². The minimum Gasteiger partial charge on any atom is -0.315 e. The summed E-state index contributed by atoms with van der Waals surface area (Å²) in [6.45, 7) is 7.40. The van der Waals surface area contributed by atoms with Crippen LogP contribution in [0.4, 0.5) is 0 Å². The van der Waals surface area contributed by atoms with Crippen molar-refractivity contribution in [1.29, 1.82) is 0 Å². The second-order valence-electron chi connectivity index (χ2n) is 5.59. The van der Waals surface area contributed by atoms with Gasteiger partial charge >= 0.3 is 0 Å². The van der Waals surface area contributed by atoms with E-state index in [9.17, 15) is 0 Å². The molecule has 0 radical (unpaired) electrons. The lowest BCUT2D eigenvalue weighted by molar-refractivity contribution is 0.246. The Bertz CT molecular complexity index is 187. The summed E-state index contributed by atoms with van der Waals surface area (Å²) in [5.74, 6) is 0.987. The highest BCUT2D eigenvalue weighted by atomic mass is 15.2. The summed E-state index contributed by atoms with van der Waals surface area (Å²) in [5.41, 5.74) is 0. The molecule has 1 saturated heterocycles. The predicted molar refractivity (Wildman–Crippen MR) is 69.7 cm³/mol. The zero-order chi connectivity index (χ0) is 11.2. The topological polar surface area (TPSA) is 15.3 Å². The van der Waals surface area contributed by atoms with Gasteiger partial charge in [0.15, 0.2) is 0 Å². The Morgan fingerprint density at radius 3 is 2.69 bits per heavy atom. The third-order valence-electron chi connectivity index (χ3n) is 4.45. The van der Waals surface area contributed by atoms with Gasteiger partial charge in [-0.2, -0.15) is 0 Å². The molecular weight excluding hydrogens is 196 g/mol. The molecule has 2 heteroatoms. The highest BCUT2D eigenvalue weighted by Crippen LogP contribution is 2.23. The summed E-state index contributed by atoms with van der Waals surface area (Å²) in [6.07, 6.45) is 10.1. The molecule has 0 aromatic rings. The molecule has 1 aliphatic heterocycles. The van der Waals surface area contributed by atoms with Crippen molar-refractivity contribution >= 4 is 0 Å². The van der Waals surface area contributed by atoms with Crippen molar-refractivity contribution in [3.63, 3.8) is 0 Å². The Morgan fingerprint density at radius 1 is 1.12 bits per heavy atom. The van der Waals surface area contributed by atoms with Crippen molar-refractivity contribution in [3.8, 4) is 0 Å². The summed E-state index contributed by atoms with van der Waals surface area (Å²) >= 11 is 0. The van der Waals surface area contributed by atoms with Gasteiger partial charge < -0.3 is 5.32 Å². The third-order valence-corrected chi connectivity index (χ3v) is 4.45. The van der Waals surface area contributed by atoms with E-state index in [2.05, 4.69) is 17.1 Å². The van der Waals surface area contributed by atoms with Crippen LogP contribution in [-0.2, 0) is 0 Å². The summed E-state index contributed by atoms with van der Waals surface area (Å²) in [4.78, 5) is 2.68. The van der Waals surface area contributed by atoms with E-state index >= 15 is 0 Å². The van der Waals surface area contributed by atoms with E-state index in [4.69, 9.17) is 0 Å². The molecule has 0 amide bonds. The highest BCUT2D eigenvalue weighted by molar-refractivity contribution is 4.78. The van der Waals surface area contributed by atoms with E-state index in [1.54, 1.807) is 0 Å². The molecule has 2 nitrogen and oxygen atoms in total. The quantitative estimate of drug-likeness (QED) is 0.698. The van der Waals surface area contributed by atoms with Crippen molar-refractivity contribution in [2.24, 2.45) is 5.92 Å². The number of hydrogen-bond acceptors (Lipinski definition) is 2. The lowest BCUT2D eigenvalue weighted by atomic mass is 10.1. The minimum atomic E-state index is 0.883. The van der Waals surface area contributed by atoms with Gasteiger partial charge in [0.2, 0.25) is 0 Å². The first-order valence-electron chi connectivity index (χ1n) is 7.35. The summed E-state index contributed by atoms with van der Waals surface area (Å²) in [5, 5.41) is 3.66. The fraction of sp³-hybridized carbons (Fsp3) is 1.00. The second kappa shape index (κ2) is 6.61. The van der Waals surface area contributed by atoms with E-state index < -0.39 is 0 Å². The van der Waals surface area contributed by atoms with Gasteiger partial charge in [-0.3, -0.25) is 4.90 Å². The maximum Gasteiger partial charge on any atom is 0.0110 e. The average molecular weight is 224 g/mol. The minimum absolute atomic E-state index is 0.883. The second-order valence-corrected chi connectivity index (χ2v) is 5.59. The third kappa shape index (κ3) is 3.46. The monoisotopic (exact) mass is 224 g/mol. The number of nitrogens with zero attached hydrogens (tertiary/aromatic N) is 1. The Kier molecular flexibility index (Phi) is 5.11. The fourth-order valence-electron chi connectivity index (χ4n) is 3.40. The Labute approximate surface area is 101 Å². The van der Waals surface area contributed by atoms with E-state index in [1.165, 1.54) is 71.1 Å². The largest absolute Gasteiger partial charge is 0.315 e. The summed E-state index contributed by atoms with van der Waals surface area (Å²) < 4.78 is 0. The van der Waals surface area contributed by atoms with Gasteiger partial charge in [0.1, 0.15) is 0 Å². The molecule has 1 unspecified atom stereocenters. The first kappa shape index (κ1) is 12.4. The molecule has 2 rings (SSSR count). The molecule has 2 aliphatic rings. The van der Waals surface area contributed by atoms with Crippen LogP contribution in [0, 0.1) is 5.92 Å². The first-order valence-corrected chi connectivity index (χ1v) is 7.35. The van der Waals surface area contributed by atoms with Crippen LogP contribution in [0.1, 0.15) is 51.9 Å². The zero-order valence-corrected chi connectivity index (χ0v) is 10.9. The van der Waals surface area contributed by atoms with Gasteiger partial charge in [0.25, 0.3) is 0 Å². The van der Waals surface area contributed by atoms with Crippen LogP contribution in [0.2, 0.25) is 0 Å². The fourth-order valence-corrected chi connectivity index (χ4v) is 3.40. The van der Waals surface area contributed by atoms with Crippen LogP contribution in [0.3, 0.4) is 0 Å². The normalized spacial score (nSPS) is 27.9. The molecule has 1 heterocycles. The molecule has 1 saturated carbocycles. The molecule has 0 bridgehead atoms. The lowest BCUT2D eigenvalue weighted by Gasteiger charge is -2.23. The molecule has 0 spiro atoms. The van der Waals surface area contributed by atoms with Gasteiger partial charge in [-0.15, -0.1) is 0 Å². The Hall–Kier alpha value is -0.0800. The van der Waals surface area contributed by atoms with Crippen LogP contribution in [0.5, 0.6) is 0 Å². The highest BCUT2D eigenvalue weighted by Gasteiger charge is 2.22. The molecule has 0 aromatic heterocycles. The van der Waals surface area contributed by atoms with Crippen molar-refractivity contribution in [1.82, 2.24) is 10.2 Å². The van der Waals surface area contributed by atoms with Gasteiger partial charge in [0.05, 0.1) is 0 Å². The standard InChI is InChI=1S/C14H28N2/c1-2-14-8-5-10-16(14)11-9-15-12-13-6-3-4-7-13/h13-15H,2-12H2,1H3. The van der Waals surface area contributed by atoms with E-state index in [-0.39, 0.29) is 0 Å². The number of rotatable bonds is 6. The van der Waals surface area contributed by atoms with Crippen molar-refractivity contribution in [2.75, 3.05) is 26.2 Å². The molecular formula is C14H28N2. The van der Waals surface area contributed by atoms with Crippen LogP contribution in [0.15, 0.2) is 0 Å². The number of nitrogens with one attached hydrogen (secondary N) is 1. The van der Waals surface area contributed by atoms with E-state index in [0.29, 0.717) is 0 Å². The van der Waals surface area contributed by atoms with Crippen molar-refractivity contribution in [2.45, 2.75) is 57.9 Å². The van der Waals surface area contributed by atoms with Gasteiger partial charge in [-0.05, 0) is 51.1 Å². The van der Waals surface area contributed by atoms with Crippen molar-refractivity contribution in [3.05, 3.63) is 0 Å². The molecule has 2 fully saturated rings. The summed E-state index contributed by atoms with van der Waals surface area (Å²) in [7, 11) is 0. The van der Waals surface area contributed by atoms with Gasteiger partial charge in [-0.25, -0.2) is 0 Å². The first-order chi connectivity index (χ1) is 7.90. The number of likely N-dealkylation sites (tertiary alicyclic amines) is 1. The molecule has 1 atom stereocenters. The maximum absolute atomic E-state index is 3.66. The average Bonchev–Trinajstić information content (AvgIpc) is 2.95. The van der Waals surface area contributed by atoms with Gasteiger partial charge in [-0.1, -0.05) is 19.8 Å². The summed E-state index contributed by atoms with van der Waals surface area (Å²) in [6, 6.07) is 0.883. The molecule has 1 aliphatic carbocycles. The lowest BCUT2D eigenvalue weighted by Crippen LogP contribution is -2.36. The van der Waals surface area contributed by atoms with Crippen LogP contribution < -0.4 is 5.32 Å². The van der Waals surface area contributed by atoms with E-state index in [1.807, 2.05) is 0 Å². The maximum atomic E-state index is 3.66. The Morgan fingerprint density at radius 2 is 1.94 bits per heavy atom. The zero-order valence-electron chi connectivity index (χ0n) is 10.9. The van der Waals surface area contributed by atoms with Crippen LogP contribution in [-0.4, -0.2) is 37.1 Å². The SMILES string of the molecule is CCC1CCCN1CCNCC1CCCC1. The smallest absolute Gasteiger partial charge is 0.0110 e. The molecule has 0 aromatic carbocycles. The van der Waals surface area contributed by atoms with Gasteiger partial charge in [0, 0.05) is 19.1 Å². The van der Waals surface area contributed by atoms with Crippen LogP contribution >= 0.6 is 0 Å². The van der Waals surface area contributed by atoms with E-state index in [0.717, 1.165) is 12.0 Å².